The molecule has 0 radical (unpaired) electrons. The van der Waals surface area contributed by atoms with Crippen LogP contribution in [0.4, 0.5) is 13.2 Å². The van der Waals surface area contributed by atoms with Crippen LogP contribution in [0.25, 0.3) is 0 Å². The first-order chi connectivity index (χ1) is 2.94. The van der Waals surface area contributed by atoms with Crippen LogP contribution in [0, 0.1) is 0 Å². The van der Waals surface area contributed by atoms with Crippen molar-refractivity contribution in [1.82, 2.24) is 0 Å². The Kier molecular flexibility index (Phi) is 1.37. The first-order valence-corrected chi connectivity index (χ1v) is 1.24. The van der Waals surface area contributed by atoms with Gasteiger partial charge in [0.15, 0.2) is 0 Å². The van der Waals surface area contributed by atoms with Crippen molar-refractivity contribution in [2.75, 3.05) is 0 Å². The molecule has 0 aliphatic heterocycles. The van der Waals surface area contributed by atoms with E-state index in [1.165, 1.54) is 0 Å². The lowest BCUT2D eigenvalue weighted by Crippen LogP contribution is -2.23. The minimum absolute atomic E-state index is 3.03. The number of hydrogen-bond donors (Lipinski definition) is 1. The monoisotopic (exact) mass is 114 g/mol. The molecule has 2 nitrogen and oxygen atoms in total. The maximum absolute atomic E-state index is 10.7. The first-order valence-electron chi connectivity index (χ1n) is 1.24. The van der Waals surface area contributed by atoms with Gasteiger partial charge in [-0.1, -0.05) is 0 Å². The lowest BCUT2D eigenvalue weighted by atomic mass is 10.7. The summed E-state index contributed by atoms with van der Waals surface area (Å²) in [4.78, 5) is 8.80. The van der Waals surface area contributed by atoms with Gasteiger partial charge in [0, 0.05) is 0 Å². The van der Waals surface area contributed by atoms with Crippen LogP contribution < -0.4 is 0 Å². The minimum Gasteiger partial charge on any atom is -0.328 e. The van der Waals surface area contributed by atoms with Crippen LogP contribution >= 0.6 is 0 Å². The molecule has 0 spiro atoms. The normalized spacial score (nSPS) is 11.4. The highest BCUT2D eigenvalue weighted by molar-refractivity contribution is 5.73. The third-order valence-corrected chi connectivity index (χ3v) is 0.236. The molecule has 42 valence electrons. The fraction of sp³-hybridized carbons (Fsp3) is 0.500. The molecule has 7 heavy (non-hydrogen) atoms. The SMILES string of the molecule is O=C(F)C(O)(F)F. The average molecular weight is 114 g/mol. The third kappa shape index (κ3) is 2.16. The maximum Gasteiger partial charge on any atom is 0.446 e. The number of hydrogen-bond acceptors (Lipinski definition) is 2. The molecule has 0 bridgehead atoms. The summed E-state index contributed by atoms with van der Waals surface area (Å²) in [5.41, 5.74) is 0. The highest BCUT2D eigenvalue weighted by atomic mass is 19.3. The smallest absolute Gasteiger partial charge is 0.328 e. The van der Waals surface area contributed by atoms with Crippen molar-refractivity contribution in [3.05, 3.63) is 0 Å². The van der Waals surface area contributed by atoms with Gasteiger partial charge in [0.05, 0.1) is 0 Å². The van der Waals surface area contributed by atoms with Crippen LogP contribution in [0.15, 0.2) is 0 Å². The Morgan fingerprint density at radius 2 is 1.71 bits per heavy atom. The van der Waals surface area contributed by atoms with E-state index in [9.17, 15) is 13.2 Å². The van der Waals surface area contributed by atoms with Crippen LogP contribution in [0.2, 0.25) is 0 Å². The molecule has 5 heteroatoms. The molecule has 0 aliphatic carbocycles. The highest BCUT2D eigenvalue weighted by Crippen LogP contribution is 2.08. The zero-order valence-corrected chi connectivity index (χ0v) is 2.99. The summed E-state index contributed by atoms with van der Waals surface area (Å²) < 4.78 is 31.9. The minimum atomic E-state index is -4.81. The van der Waals surface area contributed by atoms with E-state index in [0.717, 1.165) is 0 Å². The van der Waals surface area contributed by atoms with Crippen molar-refractivity contribution in [1.29, 1.82) is 0 Å². The van der Waals surface area contributed by atoms with Gasteiger partial charge in [-0.2, -0.15) is 13.2 Å². The summed E-state index contributed by atoms with van der Waals surface area (Å²) >= 11 is 0. The number of alkyl halides is 2. The number of rotatable bonds is 1. The standard InChI is InChI=1S/C2HF3O2/c3-1(6)2(4,5)7/h7H. The van der Waals surface area contributed by atoms with Crippen molar-refractivity contribution in [3.63, 3.8) is 0 Å². The van der Waals surface area contributed by atoms with Gasteiger partial charge in [-0.25, -0.2) is 0 Å². The van der Waals surface area contributed by atoms with E-state index >= 15 is 0 Å². The number of carbonyl (C=O) groups excluding carboxylic acids is 1. The molecule has 0 aromatic heterocycles. The highest BCUT2D eigenvalue weighted by Gasteiger charge is 2.35. The Morgan fingerprint density at radius 3 is 1.71 bits per heavy atom. The molecular weight excluding hydrogens is 113 g/mol. The molecule has 0 unspecified atom stereocenters. The van der Waals surface area contributed by atoms with Gasteiger partial charge in [-0.3, -0.25) is 4.79 Å². The van der Waals surface area contributed by atoms with E-state index in [0.29, 0.717) is 0 Å². The molecule has 0 aromatic carbocycles. The summed E-state index contributed by atoms with van der Waals surface area (Å²) in [6.45, 7) is 0. The van der Waals surface area contributed by atoms with Crippen molar-refractivity contribution in [3.8, 4) is 0 Å². The summed E-state index contributed by atoms with van der Waals surface area (Å²) in [6.07, 6.45) is -4.81. The fourth-order valence-corrected chi connectivity index (χ4v) is 0. The maximum atomic E-state index is 10.7. The third-order valence-electron chi connectivity index (χ3n) is 0.236. The van der Waals surface area contributed by atoms with E-state index in [1.807, 2.05) is 0 Å². The summed E-state index contributed by atoms with van der Waals surface area (Å²) in [5, 5.41) is 7.04. The average Bonchev–Trinajstić information content (AvgIpc) is 1.31. The predicted octanol–water partition coefficient (Wildman–Crippen LogP) is 0.0676. The second-order valence-corrected chi connectivity index (χ2v) is 0.815. The van der Waals surface area contributed by atoms with E-state index < -0.39 is 12.1 Å². The summed E-state index contributed by atoms with van der Waals surface area (Å²) in [7, 11) is 0. The molecule has 0 rings (SSSR count). The van der Waals surface area contributed by atoms with Crippen molar-refractivity contribution in [2.45, 2.75) is 6.11 Å². The Bertz CT molecular complexity index is 83.4. The fourth-order valence-electron chi connectivity index (χ4n) is 0. The van der Waals surface area contributed by atoms with Gasteiger partial charge in [0.25, 0.3) is 0 Å². The Morgan fingerprint density at radius 1 is 1.57 bits per heavy atom. The van der Waals surface area contributed by atoms with Crippen LogP contribution in [0.5, 0.6) is 0 Å². The second-order valence-electron chi connectivity index (χ2n) is 0.815. The molecular formula is C2HF3O2. The number of carbonyl (C=O) groups is 1. The zero-order valence-electron chi connectivity index (χ0n) is 2.99. The van der Waals surface area contributed by atoms with Gasteiger partial charge >= 0.3 is 12.1 Å². The molecule has 1 N–H and O–H groups in total. The van der Waals surface area contributed by atoms with Gasteiger partial charge < -0.3 is 5.11 Å². The van der Waals surface area contributed by atoms with Gasteiger partial charge in [0.2, 0.25) is 0 Å². The molecule has 0 amide bonds. The van der Waals surface area contributed by atoms with E-state index in [1.54, 1.807) is 0 Å². The topological polar surface area (TPSA) is 37.3 Å². The predicted molar refractivity (Wildman–Crippen MR) is 13.3 cm³/mol. The van der Waals surface area contributed by atoms with Crippen molar-refractivity contribution >= 4 is 6.04 Å². The van der Waals surface area contributed by atoms with Crippen LogP contribution in [-0.4, -0.2) is 17.3 Å². The Hall–Kier alpha value is -0.580. The molecule has 0 aliphatic rings. The molecule has 0 atom stereocenters. The molecule has 0 aromatic rings. The van der Waals surface area contributed by atoms with Gasteiger partial charge in [-0.05, 0) is 0 Å². The molecule has 0 heterocycles. The second kappa shape index (κ2) is 1.49. The van der Waals surface area contributed by atoms with Crippen molar-refractivity contribution in [2.24, 2.45) is 0 Å². The quantitative estimate of drug-likeness (QED) is 0.489. The van der Waals surface area contributed by atoms with Crippen LogP contribution in [0.3, 0.4) is 0 Å². The zero-order chi connectivity index (χ0) is 6.08. The lowest BCUT2D eigenvalue weighted by molar-refractivity contribution is -0.214. The molecule has 0 saturated heterocycles. The number of aliphatic hydroxyl groups is 1. The number of halogens is 3. The Labute approximate surface area is 36.6 Å². The molecule has 0 fully saturated rings. The largest absolute Gasteiger partial charge is 0.446 e. The molecule has 0 saturated carbocycles. The van der Waals surface area contributed by atoms with E-state index in [4.69, 9.17) is 9.90 Å². The van der Waals surface area contributed by atoms with Gasteiger partial charge in [-0.15, -0.1) is 0 Å². The van der Waals surface area contributed by atoms with Crippen LogP contribution in [-0.2, 0) is 4.79 Å². The Balaban J connectivity index is 3.79. The lowest BCUT2D eigenvalue weighted by Gasteiger charge is -1.95. The first kappa shape index (κ1) is 6.42. The van der Waals surface area contributed by atoms with E-state index in [2.05, 4.69) is 0 Å². The van der Waals surface area contributed by atoms with Gasteiger partial charge in [0.1, 0.15) is 0 Å². The summed E-state index contributed by atoms with van der Waals surface area (Å²) in [6, 6.07) is -3.03. The van der Waals surface area contributed by atoms with Crippen molar-refractivity contribution < 1.29 is 23.1 Å². The summed E-state index contributed by atoms with van der Waals surface area (Å²) in [5.74, 6) is 0. The van der Waals surface area contributed by atoms with E-state index in [-0.39, 0.29) is 0 Å². The van der Waals surface area contributed by atoms with Crippen LogP contribution in [0.1, 0.15) is 0 Å².